The van der Waals surface area contributed by atoms with Crippen molar-refractivity contribution in [1.82, 2.24) is 10.6 Å². The second kappa shape index (κ2) is 6.59. The van der Waals surface area contributed by atoms with Crippen LogP contribution in [0.3, 0.4) is 0 Å². The minimum atomic E-state index is -0.0515. The highest BCUT2D eigenvalue weighted by atomic mass is 16.2. The molecule has 0 spiro atoms. The van der Waals surface area contributed by atoms with Gasteiger partial charge in [-0.15, -0.1) is 0 Å². The summed E-state index contributed by atoms with van der Waals surface area (Å²) in [7, 11) is 1.59. The first-order chi connectivity index (χ1) is 8.04. The maximum absolute atomic E-state index is 11.8. The van der Waals surface area contributed by atoms with Crippen LogP contribution in [0.15, 0.2) is 0 Å². The highest BCUT2D eigenvalue weighted by Crippen LogP contribution is 2.27. The van der Waals surface area contributed by atoms with Crippen molar-refractivity contribution in [3.05, 3.63) is 0 Å². The van der Waals surface area contributed by atoms with Crippen molar-refractivity contribution in [2.75, 3.05) is 13.6 Å². The summed E-state index contributed by atoms with van der Waals surface area (Å²) >= 11 is 0. The van der Waals surface area contributed by atoms with E-state index in [-0.39, 0.29) is 23.8 Å². The highest BCUT2D eigenvalue weighted by Gasteiger charge is 2.29. The summed E-state index contributed by atoms with van der Waals surface area (Å²) in [4.78, 5) is 22.8. The fraction of sp³-hybridized carbons (Fsp3) is 0.833. The molecular formula is C12H23N3O2. The lowest BCUT2D eigenvalue weighted by atomic mass is 9.79. The topological polar surface area (TPSA) is 84.2 Å². The maximum Gasteiger partial charge on any atom is 0.223 e. The molecule has 0 aromatic rings. The molecule has 0 aliphatic heterocycles. The van der Waals surface area contributed by atoms with Gasteiger partial charge in [0.25, 0.3) is 0 Å². The summed E-state index contributed by atoms with van der Waals surface area (Å²) in [6.45, 7) is 2.50. The van der Waals surface area contributed by atoms with Crippen LogP contribution in [0.4, 0.5) is 0 Å². The van der Waals surface area contributed by atoms with Crippen LogP contribution in [-0.4, -0.2) is 31.4 Å². The summed E-state index contributed by atoms with van der Waals surface area (Å²) in [5.41, 5.74) is 5.91. The molecule has 2 amide bonds. The Kier molecular flexibility index (Phi) is 5.41. The van der Waals surface area contributed by atoms with E-state index in [2.05, 4.69) is 17.6 Å². The largest absolute Gasteiger partial charge is 0.359 e. The van der Waals surface area contributed by atoms with Gasteiger partial charge in [0.15, 0.2) is 0 Å². The highest BCUT2D eigenvalue weighted by molar-refractivity contribution is 5.80. The minimum absolute atomic E-state index is 0.0515. The first-order valence-corrected chi connectivity index (χ1v) is 6.28. The van der Waals surface area contributed by atoms with Crippen LogP contribution in [0.1, 0.15) is 32.6 Å². The number of hydrogen-bond donors (Lipinski definition) is 3. The van der Waals surface area contributed by atoms with Crippen LogP contribution >= 0.6 is 0 Å². The van der Waals surface area contributed by atoms with E-state index >= 15 is 0 Å². The maximum atomic E-state index is 11.8. The molecule has 17 heavy (non-hydrogen) atoms. The Morgan fingerprint density at radius 2 is 2.06 bits per heavy atom. The predicted octanol–water partition coefficient (Wildman–Crippen LogP) is 0.00220. The molecule has 1 aliphatic carbocycles. The molecule has 98 valence electrons. The number of carbonyl (C=O) groups is 2. The average Bonchev–Trinajstić information content (AvgIpc) is 2.32. The Morgan fingerprint density at radius 1 is 1.35 bits per heavy atom. The quantitative estimate of drug-likeness (QED) is 0.648. The van der Waals surface area contributed by atoms with Gasteiger partial charge in [-0.25, -0.2) is 0 Å². The SMILES string of the molecule is CNC(=O)CCNC(=O)C1CCC(N)C(C)C1. The molecule has 0 heterocycles. The molecule has 1 saturated carbocycles. The summed E-state index contributed by atoms with van der Waals surface area (Å²) < 4.78 is 0. The van der Waals surface area contributed by atoms with Gasteiger partial charge in [0.2, 0.25) is 11.8 Å². The molecule has 0 saturated heterocycles. The number of nitrogens with one attached hydrogen (secondary N) is 2. The van der Waals surface area contributed by atoms with Gasteiger partial charge in [-0.2, -0.15) is 0 Å². The van der Waals surface area contributed by atoms with Crippen LogP contribution in [0, 0.1) is 11.8 Å². The van der Waals surface area contributed by atoms with Crippen molar-refractivity contribution in [3.8, 4) is 0 Å². The van der Waals surface area contributed by atoms with Crippen LogP contribution < -0.4 is 16.4 Å². The molecule has 5 nitrogen and oxygen atoms in total. The van der Waals surface area contributed by atoms with Gasteiger partial charge in [-0.1, -0.05) is 6.92 Å². The Morgan fingerprint density at radius 3 is 2.65 bits per heavy atom. The van der Waals surface area contributed by atoms with Crippen LogP contribution in [0.5, 0.6) is 0 Å². The molecule has 4 N–H and O–H groups in total. The van der Waals surface area contributed by atoms with Gasteiger partial charge < -0.3 is 16.4 Å². The minimum Gasteiger partial charge on any atom is -0.359 e. The van der Waals surface area contributed by atoms with E-state index in [9.17, 15) is 9.59 Å². The van der Waals surface area contributed by atoms with E-state index in [1.807, 2.05) is 0 Å². The molecule has 0 aromatic heterocycles. The lowest BCUT2D eigenvalue weighted by Crippen LogP contribution is -2.41. The van der Waals surface area contributed by atoms with Gasteiger partial charge in [-0.05, 0) is 25.2 Å². The van der Waals surface area contributed by atoms with Crippen LogP contribution in [0.2, 0.25) is 0 Å². The smallest absolute Gasteiger partial charge is 0.223 e. The van der Waals surface area contributed by atoms with Crippen molar-refractivity contribution in [1.29, 1.82) is 0 Å². The number of carbonyl (C=O) groups excluding carboxylic acids is 2. The third-order valence-electron chi connectivity index (χ3n) is 3.54. The molecule has 0 aromatic carbocycles. The van der Waals surface area contributed by atoms with E-state index in [0.717, 1.165) is 19.3 Å². The van der Waals surface area contributed by atoms with Crippen molar-refractivity contribution in [2.45, 2.75) is 38.6 Å². The number of hydrogen-bond acceptors (Lipinski definition) is 3. The van der Waals surface area contributed by atoms with E-state index in [1.54, 1.807) is 7.05 Å². The molecule has 3 atom stereocenters. The van der Waals surface area contributed by atoms with Crippen molar-refractivity contribution < 1.29 is 9.59 Å². The monoisotopic (exact) mass is 241 g/mol. The van der Waals surface area contributed by atoms with Crippen molar-refractivity contribution in [2.24, 2.45) is 17.6 Å². The number of rotatable bonds is 4. The van der Waals surface area contributed by atoms with Gasteiger partial charge in [0, 0.05) is 32.0 Å². The van der Waals surface area contributed by atoms with E-state index in [4.69, 9.17) is 5.73 Å². The Balaban J connectivity index is 2.26. The number of amides is 2. The van der Waals surface area contributed by atoms with E-state index in [1.165, 1.54) is 0 Å². The second-order valence-electron chi connectivity index (χ2n) is 4.87. The molecule has 0 radical (unpaired) electrons. The lowest BCUT2D eigenvalue weighted by molar-refractivity contribution is -0.126. The molecular weight excluding hydrogens is 218 g/mol. The molecule has 3 unspecified atom stereocenters. The molecule has 1 rings (SSSR count). The van der Waals surface area contributed by atoms with Crippen molar-refractivity contribution >= 4 is 11.8 Å². The normalized spacial score (nSPS) is 28.5. The molecule has 5 heteroatoms. The third kappa shape index (κ3) is 4.34. The van der Waals surface area contributed by atoms with Gasteiger partial charge in [0.05, 0.1) is 0 Å². The fourth-order valence-corrected chi connectivity index (χ4v) is 2.23. The summed E-state index contributed by atoms with van der Waals surface area (Å²) in [5.74, 6) is 0.477. The van der Waals surface area contributed by atoms with E-state index in [0.29, 0.717) is 18.9 Å². The summed E-state index contributed by atoms with van der Waals surface area (Å²) in [6.07, 6.45) is 2.96. The Hall–Kier alpha value is -1.10. The van der Waals surface area contributed by atoms with Gasteiger partial charge >= 0.3 is 0 Å². The first kappa shape index (κ1) is 14.0. The molecule has 1 fully saturated rings. The average molecular weight is 241 g/mol. The van der Waals surface area contributed by atoms with Crippen LogP contribution in [0.25, 0.3) is 0 Å². The standard InChI is InChI=1S/C12H23N3O2/c1-8-7-9(3-4-10(8)13)12(17)15-6-5-11(16)14-2/h8-10H,3-7,13H2,1-2H3,(H,14,16)(H,15,17). The molecule has 0 bridgehead atoms. The van der Waals surface area contributed by atoms with Gasteiger partial charge in [0.1, 0.15) is 0 Å². The first-order valence-electron chi connectivity index (χ1n) is 6.28. The fourth-order valence-electron chi connectivity index (χ4n) is 2.23. The van der Waals surface area contributed by atoms with Gasteiger partial charge in [-0.3, -0.25) is 9.59 Å². The zero-order chi connectivity index (χ0) is 12.8. The van der Waals surface area contributed by atoms with Crippen LogP contribution in [-0.2, 0) is 9.59 Å². The lowest BCUT2D eigenvalue weighted by Gasteiger charge is -2.30. The number of nitrogens with two attached hydrogens (primary N) is 1. The predicted molar refractivity (Wildman–Crippen MR) is 66.2 cm³/mol. The second-order valence-corrected chi connectivity index (χ2v) is 4.87. The Bertz CT molecular complexity index is 281. The Labute approximate surface area is 103 Å². The summed E-state index contributed by atoms with van der Waals surface area (Å²) in [5, 5.41) is 5.34. The summed E-state index contributed by atoms with van der Waals surface area (Å²) in [6, 6.07) is 0.227. The molecule has 1 aliphatic rings. The zero-order valence-electron chi connectivity index (χ0n) is 10.7. The third-order valence-corrected chi connectivity index (χ3v) is 3.54. The van der Waals surface area contributed by atoms with E-state index < -0.39 is 0 Å². The van der Waals surface area contributed by atoms with Crippen molar-refractivity contribution in [3.63, 3.8) is 0 Å². The zero-order valence-corrected chi connectivity index (χ0v) is 10.7.